The quantitative estimate of drug-likeness (QED) is 0.801. The molecule has 24 heavy (non-hydrogen) atoms. The summed E-state index contributed by atoms with van der Waals surface area (Å²) in [6.45, 7) is 8.36. The molecule has 2 heterocycles. The molecule has 4 nitrogen and oxygen atoms in total. The molecule has 3 rings (SSSR count). The van der Waals surface area contributed by atoms with E-state index in [1.165, 1.54) is 18.9 Å². The summed E-state index contributed by atoms with van der Waals surface area (Å²) < 4.78 is 0. The molecule has 1 spiro atoms. The summed E-state index contributed by atoms with van der Waals surface area (Å²) in [6, 6.07) is 10.8. The number of carbonyl (C=O) groups excluding carboxylic acids is 2. The van der Waals surface area contributed by atoms with Gasteiger partial charge in [0.15, 0.2) is 0 Å². The van der Waals surface area contributed by atoms with Crippen LogP contribution in [0.4, 0.5) is 0 Å². The zero-order valence-corrected chi connectivity index (χ0v) is 14.8. The number of likely N-dealkylation sites (tertiary alicyclic amines) is 2. The molecule has 130 valence electrons. The molecule has 2 aliphatic rings. The highest BCUT2D eigenvalue weighted by molar-refractivity contribution is 6.35. The lowest BCUT2D eigenvalue weighted by atomic mass is 9.68. The highest BCUT2D eigenvalue weighted by Gasteiger charge is 2.42. The van der Waals surface area contributed by atoms with Crippen molar-refractivity contribution in [1.29, 1.82) is 0 Å². The Kier molecular flexibility index (Phi) is 5.04. The van der Waals surface area contributed by atoms with Gasteiger partial charge in [-0.25, -0.2) is 0 Å². The molecule has 1 amide bonds. The Morgan fingerprint density at radius 1 is 1.17 bits per heavy atom. The molecule has 0 saturated carbocycles. The van der Waals surface area contributed by atoms with Crippen LogP contribution in [0.5, 0.6) is 0 Å². The molecular formula is C20H28N2O2. The van der Waals surface area contributed by atoms with E-state index in [4.69, 9.17) is 0 Å². The van der Waals surface area contributed by atoms with Gasteiger partial charge in [0.2, 0.25) is 5.78 Å². The van der Waals surface area contributed by atoms with Gasteiger partial charge in [0.25, 0.3) is 5.91 Å². The maximum Gasteiger partial charge on any atom is 0.289 e. The average Bonchev–Trinajstić information content (AvgIpc) is 2.62. The standard InChI is InChI=1S/C20H28N2O2/c1-3-21-14-18(17-7-5-4-6-8-17)13-20(15-21)9-11-22(12-10-20)19(24)16(2)23/h4-8,18H,3,9-15H2,1-2H3/t18-/m1/s1. The van der Waals surface area contributed by atoms with E-state index < -0.39 is 0 Å². The van der Waals surface area contributed by atoms with Crippen LogP contribution in [0.25, 0.3) is 0 Å². The number of benzene rings is 1. The monoisotopic (exact) mass is 328 g/mol. The third-order valence-electron chi connectivity index (χ3n) is 5.85. The number of hydrogen-bond donors (Lipinski definition) is 0. The molecular weight excluding hydrogens is 300 g/mol. The number of carbonyl (C=O) groups is 2. The Morgan fingerprint density at radius 3 is 2.42 bits per heavy atom. The number of rotatable bonds is 3. The maximum atomic E-state index is 11.9. The fourth-order valence-electron chi connectivity index (χ4n) is 4.46. The molecule has 2 saturated heterocycles. The zero-order chi connectivity index (χ0) is 17.2. The summed E-state index contributed by atoms with van der Waals surface area (Å²) in [5.74, 6) is -0.0884. The lowest BCUT2D eigenvalue weighted by Gasteiger charge is -2.50. The second-order valence-corrected chi connectivity index (χ2v) is 7.49. The number of Topliss-reactive ketones (excluding diaryl/α,β-unsaturated/α-hetero) is 1. The molecule has 0 radical (unpaired) electrons. The highest BCUT2D eigenvalue weighted by atomic mass is 16.2. The van der Waals surface area contributed by atoms with Crippen molar-refractivity contribution >= 4 is 11.7 Å². The number of likely N-dealkylation sites (N-methyl/N-ethyl adjacent to an activating group) is 1. The number of amides is 1. The summed E-state index contributed by atoms with van der Waals surface area (Å²) >= 11 is 0. The van der Waals surface area contributed by atoms with E-state index in [-0.39, 0.29) is 17.1 Å². The van der Waals surface area contributed by atoms with E-state index in [0.717, 1.165) is 45.6 Å². The van der Waals surface area contributed by atoms with Gasteiger partial charge < -0.3 is 9.80 Å². The maximum absolute atomic E-state index is 11.9. The highest BCUT2D eigenvalue weighted by Crippen LogP contribution is 2.45. The largest absolute Gasteiger partial charge is 0.336 e. The second kappa shape index (κ2) is 7.06. The molecule has 4 heteroatoms. The normalized spacial score (nSPS) is 24.1. The SMILES string of the molecule is CCN1C[C@H](c2ccccc2)CC2(CCN(C(=O)C(C)=O)CC2)C1. The van der Waals surface area contributed by atoms with Gasteiger partial charge in [-0.2, -0.15) is 0 Å². The van der Waals surface area contributed by atoms with E-state index >= 15 is 0 Å². The van der Waals surface area contributed by atoms with Crippen LogP contribution >= 0.6 is 0 Å². The Bertz CT molecular complexity index is 591. The predicted octanol–water partition coefficient (Wildman–Crippen LogP) is 2.69. The van der Waals surface area contributed by atoms with Gasteiger partial charge in [0, 0.05) is 33.1 Å². The Labute approximate surface area is 144 Å². The first-order valence-electron chi connectivity index (χ1n) is 9.10. The lowest BCUT2D eigenvalue weighted by Crippen LogP contribution is -2.53. The number of nitrogens with zero attached hydrogens (tertiary/aromatic N) is 2. The fraction of sp³-hybridized carbons (Fsp3) is 0.600. The smallest absolute Gasteiger partial charge is 0.289 e. The molecule has 1 aromatic rings. The van der Waals surface area contributed by atoms with Gasteiger partial charge in [0.05, 0.1) is 0 Å². The Morgan fingerprint density at radius 2 is 1.83 bits per heavy atom. The van der Waals surface area contributed by atoms with Crippen LogP contribution in [0.1, 0.15) is 44.6 Å². The van der Waals surface area contributed by atoms with Gasteiger partial charge in [-0.15, -0.1) is 0 Å². The van der Waals surface area contributed by atoms with Crippen LogP contribution in [0.15, 0.2) is 30.3 Å². The Hall–Kier alpha value is -1.68. The van der Waals surface area contributed by atoms with Crippen molar-refractivity contribution in [2.24, 2.45) is 5.41 Å². The topological polar surface area (TPSA) is 40.6 Å². The first-order valence-corrected chi connectivity index (χ1v) is 9.10. The Balaban J connectivity index is 1.73. The van der Waals surface area contributed by atoms with Gasteiger partial charge >= 0.3 is 0 Å². The van der Waals surface area contributed by atoms with Gasteiger partial charge in [-0.3, -0.25) is 9.59 Å². The van der Waals surface area contributed by atoms with Crippen LogP contribution in [0, 0.1) is 5.41 Å². The van der Waals surface area contributed by atoms with Crippen molar-refractivity contribution in [2.75, 3.05) is 32.7 Å². The molecule has 0 N–H and O–H groups in total. The average molecular weight is 328 g/mol. The first kappa shape index (κ1) is 17.2. The lowest BCUT2D eigenvalue weighted by molar-refractivity contribution is -0.145. The van der Waals surface area contributed by atoms with Gasteiger partial charge in [0.1, 0.15) is 0 Å². The van der Waals surface area contributed by atoms with E-state index in [2.05, 4.69) is 42.2 Å². The van der Waals surface area contributed by atoms with Gasteiger partial charge in [-0.05, 0) is 42.7 Å². The summed E-state index contributed by atoms with van der Waals surface area (Å²) in [7, 11) is 0. The fourth-order valence-corrected chi connectivity index (χ4v) is 4.46. The third-order valence-corrected chi connectivity index (χ3v) is 5.85. The summed E-state index contributed by atoms with van der Waals surface area (Å²) in [5.41, 5.74) is 1.71. The first-order chi connectivity index (χ1) is 11.5. The third kappa shape index (κ3) is 3.54. The van der Waals surface area contributed by atoms with Crippen LogP contribution in [-0.4, -0.2) is 54.2 Å². The van der Waals surface area contributed by atoms with E-state index in [9.17, 15) is 9.59 Å². The predicted molar refractivity (Wildman–Crippen MR) is 94.8 cm³/mol. The zero-order valence-electron chi connectivity index (χ0n) is 14.8. The van der Waals surface area contributed by atoms with Gasteiger partial charge in [-0.1, -0.05) is 37.3 Å². The van der Waals surface area contributed by atoms with Crippen molar-refractivity contribution in [3.8, 4) is 0 Å². The minimum Gasteiger partial charge on any atom is -0.336 e. The number of ketones is 1. The molecule has 1 atom stereocenters. The molecule has 0 unspecified atom stereocenters. The summed E-state index contributed by atoms with van der Waals surface area (Å²) in [5, 5.41) is 0. The molecule has 2 aliphatic heterocycles. The van der Waals surface area contributed by atoms with E-state index in [1.54, 1.807) is 4.90 Å². The van der Waals surface area contributed by atoms with E-state index in [1.807, 2.05) is 0 Å². The van der Waals surface area contributed by atoms with E-state index in [0.29, 0.717) is 5.92 Å². The second-order valence-electron chi connectivity index (χ2n) is 7.49. The van der Waals surface area contributed by atoms with Crippen LogP contribution in [-0.2, 0) is 9.59 Å². The minimum atomic E-state index is -0.341. The van der Waals surface area contributed by atoms with Crippen LogP contribution < -0.4 is 0 Å². The molecule has 0 aromatic heterocycles. The van der Waals surface area contributed by atoms with Crippen LogP contribution in [0.3, 0.4) is 0 Å². The summed E-state index contributed by atoms with van der Waals surface area (Å²) in [4.78, 5) is 27.6. The number of piperidine rings is 2. The van der Waals surface area contributed by atoms with Crippen molar-refractivity contribution < 1.29 is 9.59 Å². The van der Waals surface area contributed by atoms with Crippen LogP contribution in [0.2, 0.25) is 0 Å². The van der Waals surface area contributed by atoms with Crippen molar-refractivity contribution in [3.63, 3.8) is 0 Å². The van der Waals surface area contributed by atoms with Crippen molar-refractivity contribution in [3.05, 3.63) is 35.9 Å². The summed E-state index contributed by atoms with van der Waals surface area (Å²) in [6.07, 6.45) is 3.20. The molecule has 1 aromatic carbocycles. The molecule has 2 fully saturated rings. The number of hydrogen-bond acceptors (Lipinski definition) is 3. The van der Waals surface area contributed by atoms with Crippen molar-refractivity contribution in [2.45, 2.75) is 39.0 Å². The molecule has 0 aliphatic carbocycles. The minimum absolute atomic E-state index is 0.280. The molecule has 0 bridgehead atoms. The van der Waals surface area contributed by atoms with Crippen molar-refractivity contribution in [1.82, 2.24) is 9.80 Å².